The SMILES string of the molecule is O=C(c1nc2c(C(F)(F)F)cc(-c3ccccc3O)cn2c1Cl)N1CCC(N2CCOC2=O)CC1. The lowest BCUT2D eigenvalue weighted by molar-refractivity contribution is -0.136. The summed E-state index contributed by atoms with van der Waals surface area (Å²) < 4.78 is 47.8. The summed E-state index contributed by atoms with van der Waals surface area (Å²) in [5.74, 6) is -0.782. The summed E-state index contributed by atoms with van der Waals surface area (Å²) in [6, 6.07) is 6.80. The first-order valence-electron chi connectivity index (χ1n) is 10.9. The number of amides is 2. The van der Waals surface area contributed by atoms with Gasteiger partial charge in [-0.25, -0.2) is 9.78 Å². The molecule has 0 unspecified atom stereocenters. The van der Waals surface area contributed by atoms with E-state index in [0.29, 0.717) is 39.1 Å². The highest BCUT2D eigenvalue weighted by molar-refractivity contribution is 6.33. The second-order valence-electron chi connectivity index (χ2n) is 8.43. The number of alkyl halides is 3. The number of ether oxygens (including phenoxy) is 1. The van der Waals surface area contributed by atoms with Crippen molar-refractivity contribution >= 4 is 29.2 Å². The summed E-state index contributed by atoms with van der Waals surface area (Å²) in [7, 11) is 0. The number of carbonyl (C=O) groups excluding carboxylic acids is 2. The van der Waals surface area contributed by atoms with E-state index in [0.717, 1.165) is 10.5 Å². The van der Waals surface area contributed by atoms with Crippen molar-refractivity contribution in [2.75, 3.05) is 26.2 Å². The average Bonchev–Trinajstić information content (AvgIpc) is 3.41. The van der Waals surface area contributed by atoms with Gasteiger partial charge in [0.2, 0.25) is 0 Å². The number of nitrogens with zero attached hydrogens (tertiary/aromatic N) is 4. The first-order valence-corrected chi connectivity index (χ1v) is 11.3. The third-order valence-corrected chi connectivity index (χ3v) is 6.73. The number of benzene rings is 1. The molecule has 4 heterocycles. The van der Waals surface area contributed by atoms with Crippen molar-refractivity contribution in [3.05, 3.63) is 52.9 Å². The predicted octanol–water partition coefficient (Wildman–Crippen LogP) is 4.44. The highest BCUT2D eigenvalue weighted by Crippen LogP contribution is 2.39. The Morgan fingerprint density at radius 3 is 2.51 bits per heavy atom. The molecule has 2 amide bonds. The summed E-state index contributed by atoms with van der Waals surface area (Å²) in [5, 5.41) is 9.89. The number of hydrogen-bond donors (Lipinski definition) is 1. The molecule has 2 aliphatic rings. The molecule has 0 saturated carbocycles. The first kappa shape index (κ1) is 23.3. The van der Waals surface area contributed by atoms with Crippen molar-refractivity contribution in [3.8, 4) is 16.9 Å². The van der Waals surface area contributed by atoms with Crippen molar-refractivity contribution in [3.63, 3.8) is 0 Å². The Hall–Kier alpha value is -3.47. The van der Waals surface area contributed by atoms with Gasteiger partial charge in [0.1, 0.15) is 17.5 Å². The van der Waals surface area contributed by atoms with Crippen molar-refractivity contribution in [2.45, 2.75) is 25.1 Å². The number of pyridine rings is 1. The number of fused-ring (bicyclic) bond motifs is 1. The molecule has 1 aromatic carbocycles. The number of cyclic esters (lactones) is 1. The Morgan fingerprint density at radius 2 is 1.89 bits per heavy atom. The molecular weight excluding hydrogens is 489 g/mol. The van der Waals surface area contributed by atoms with Crippen LogP contribution in [0.5, 0.6) is 5.75 Å². The molecule has 12 heteroatoms. The number of imidazole rings is 1. The minimum atomic E-state index is -4.78. The van der Waals surface area contributed by atoms with E-state index in [9.17, 15) is 27.9 Å². The minimum absolute atomic E-state index is 0.0662. The van der Waals surface area contributed by atoms with Crippen LogP contribution in [-0.4, -0.2) is 68.6 Å². The lowest BCUT2D eigenvalue weighted by Gasteiger charge is -2.35. The molecular formula is C23H20ClF3N4O4. The van der Waals surface area contributed by atoms with Crippen LogP contribution in [0.2, 0.25) is 5.15 Å². The molecule has 5 rings (SSSR count). The molecule has 184 valence electrons. The number of halogens is 4. The number of phenols is 1. The van der Waals surface area contributed by atoms with Crippen LogP contribution < -0.4 is 0 Å². The number of aromatic nitrogens is 2. The van der Waals surface area contributed by atoms with Gasteiger partial charge in [0.05, 0.1) is 12.1 Å². The zero-order chi connectivity index (χ0) is 24.9. The van der Waals surface area contributed by atoms with Crippen molar-refractivity contribution < 1.29 is 32.6 Å². The number of aromatic hydroxyl groups is 1. The van der Waals surface area contributed by atoms with Crippen LogP contribution in [0.4, 0.5) is 18.0 Å². The summed E-state index contributed by atoms with van der Waals surface area (Å²) in [4.78, 5) is 32.1. The van der Waals surface area contributed by atoms with Crippen molar-refractivity contribution in [2.24, 2.45) is 0 Å². The van der Waals surface area contributed by atoms with Gasteiger partial charge in [-0.3, -0.25) is 9.20 Å². The lowest BCUT2D eigenvalue weighted by Crippen LogP contribution is -2.47. The molecule has 3 aromatic rings. The third kappa shape index (κ3) is 4.13. The van der Waals surface area contributed by atoms with E-state index < -0.39 is 23.3 Å². The van der Waals surface area contributed by atoms with Gasteiger partial charge in [-0.1, -0.05) is 29.8 Å². The summed E-state index contributed by atoms with van der Waals surface area (Å²) >= 11 is 6.40. The Labute approximate surface area is 202 Å². The molecule has 0 spiro atoms. The highest BCUT2D eigenvalue weighted by atomic mass is 35.5. The highest BCUT2D eigenvalue weighted by Gasteiger charge is 2.38. The van der Waals surface area contributed by atoms with Crippen molar-refractivity contribution in [1.29, 1.82) is 0 Å². The Balaban J connectivity index is 1.48. The zero-order valence-electron chi connectivity index (χ0n) is 18.3. The van der Waals surface area contributed by atoms with Crippen LogP contribution in [0.15, 0.2) is 36.5 Å². The monoisotopic (exact) mass is 508 g/mol. The molecule has 2 aromatic heterocycles. The molecule has 0 radical (unpaired) electrons. The molecule has 0 aliphatic carbocycles. The van der Waals surface area contributed by atoms with E-state index in [1.54, 1.807) is 17.0 Å². The fourth-order valence-electron chi connectivity index (χ4n) is 4.59. The predicted molar refractivity (Wildman–Crippen MR) is 119 cm³/mol. The van der Waals surface area contributed by atoms with E-state index in [-0.39, 0.29) is 39.9 Å². The Morgan fingerprint density at radius 1 is 1.17 bits per heavy atom. The van der Waals surface area contributed by atoms with E-state index in [1.165, 1.54) is 23.2 Å². The van der Waals surface area contributed by atoms with Crippen LogP contribution in [0.1, 0.15) is 28.9 Å². The lowest BCUT2D eigenvalue weighted by atomic mass is 10.0. The summed E-state index contributed by atoms with van der Waals surface area (Å²) in [6.07, 6.45) is -2.82. The minimum Gasteiger partial charge on any atom is -0.507 e. The fraction of sp³-hybridized carbons (Fsp3) is 0.348. The molecule has 2 saturated heterocycles. The van der Waals surface area contributed by atoms with Crippen LogP contribution in [-0.2, 0) is 10.9 Å². The average molecular weight is 509 g/mol. The quantitative estimate of drug-likeness (QED) is 0.565. The first-order chi connectivity index (χ1) is 16.6. The van der Waals surface area contributed by atoms with Gasteiger partial charge in [-0.05, 0) is 25.0 Å². The molecule has 0 atom stereocenters. The van der Waals surface area contributed by atoms with Gasteiger partial charge in [0.25, 0.3) is 5.91 Å². The van der Waals surface area contributed by atoms with Gasteiger partial charge >= 0.3 is 12.3 Å². The zero-order valence-corrected chi connectivity index (χ0v) is 19.0. The van der Waals surface area contributed by atoms with E-state index in [4.69, 9.17) is 16.3 Å². The van der Waals surface area contributed by atoms with Crippen LogP contribution in [0.3, 0.4) is 0 Å². The number of para-hydroxylation sites is 1. The fourth-order valence-corrected chi connectivity index (χ4v) is 4.85. The van der Waals surface area contributed by atoms with E-state index in [2.05, 4.69) is 4.98 Å². The summed E-state index contributed by atoms with van der Waals surface area (Å²) in [6.45, 7) is 1.42. The topological polar surface area (TPSA) is 87.4 Å². The maximum atomic E-state index is 13.9. The van der Waals surface area contributed by atoms with Gasteiger partial charge in [-0.15, -0.1) is 0 Å². The summed E-state index contributed by atoms with van der Waals surface area (Å²) in [5.41, 5.74) is -1.62. The van der Waals surface area contributed by atoms with E-state index in [1.807, 2.05) is 0 Å². The van der Waals surface area contributed by atoms with E-state index >= 15 is 0 Å². The molecule has 0 bridgehead atoms. The molecule has 8 nitrogen and oxygen atoms in total. The normalized spacial score (nSPS) is 17.3. The number of rotatable bonds is 3. The second kappa shape index (κ2) is 8.63. The van der Waals surface area contributed by atoms with Crippen LogP contribution in [0, 0.1) is 0 Å². The second-order valence-corrected chi connectivity index (χ2v) is 8.79. The number of likely N-dealkylation sites (tertiary alicyclic amines) is 1. The molecule has 2 fully saturated rings. The van der Waals surface area contributed by atoms with Gasteiger partial charge in [0.15, 0.2) is 11.3 Å². The molecule has 2 aliphatic heterocycles. The smallest absolute Gasteiger partial charge is 0.420 e. The maximum absolute atomic E-state index is 13.9. The van der Waals surface area contributed by atoms with Gasteiger partial charge in [0, 0.05) is 36.5 Å². The van der Waals surface area contributed by atoms with Gasteiger partial charge < -0.3 is 19.6 Å². The van der Waals surface area contributed by atoms with Crippen molar-refractivity contribution in [1.82, 2.24) is 19.2 Å². The largest absolute Gasteiger partial charge is 0.507 e. The van der Waals surface area contributed by atoms with Crippen LogP contribution >= 0.6 is 11.6 Å². The van der Waals surface area contributed by atoms with Gasteiger partial charge in [-0.2, -0.15) is 13.2 Å². The number of phenolic OH excluding ortho intramolecular Hbond substituents is 1. The standard InChI is InChI=1S/C23H20ClF3N4O4/c24-19-18(21(33)29-7-5-14(6-8-29)30-9-10-35-22(30)34)28-20-16(23(25,26)27)11-13(12-31(19)20)15-3-1-2-4-17(15)32/h1-4,11-12,14,32H,5-10H2. The third-order valence-electron chi connectivity index (χ3n) is 6.37. The number of piperidine rings is 1. The Kier molecular flexibility index (Phi) is 5.74. The van der Waals surface area contributed by atoms with Crippen LogP contribution in [0.25, 0.3) is 16.8 Å². The Bertz CT molecular complexity index is 1320. The molecule has 35 heavy (non-hydrogen) atoms. The molecule has 1 N–H and O–H groups in total. The number of hydrogen-bond acceptors (Lipinski definition) is 5. The maximum Gasteiger partial charge on any atom is 0.420 e. The number of carbonyl (C=O) groups is 2.